The zero-order chi connectivity index (χ0) is 29.1. The molecule has 5 heterocycles. The minimum absolute atomic E-state index is 0.0477. The number of rotatable bonds is 5. The molecule has 5 aromatic rings. The Kier molecular flexibility index (Phi) is 6.00. The number of alkyl halides is 5. The minimum atomic E-state index is -4.83. The van der Waals surface area contributed by atoms with Gasteiger partial charge in [-0.3, -0.25) is 9.78 Å². The van der Waals surface area contributed by atoms with Gasteiger partial charge in [0.25, 0.3) is 0 Å². The van der Waals surface area contributed by atoms with E-state index in [1.54, 1.807) is 6.92 Å². The van der Waals surface area contributed by atoms with Gasteiger partial charge in [-0.05, 0) is 37.6 Å². The molecule has 0 saturated carbocycles. The number of hydrogen-bond donors (Lipinski definition) is 1. The first-order chi connectivity index (χ1) is 19.5. The topological polar surface area (TPSA) is 116 Å². The smallest absolute Gasteiger partial charge is 0.324 e. The Morgan fingerprint density at radius 3 is 2.63 bits per heavy atom. The third-order valence-electron chi connectivity index (χ3n) is 6.96. The maximum absolute atomic E-state index is 14.1. The molecule has 10 nitrogen and oxygen atoms in total. The largest absolute Gasteiger partial charge is 0.418 e. The molecule has 0 bridgehead atoms. The minimum Gasteiger partial charge on any atom is -0.324 e. The zero-order valence-electron chi connectivity index (χ0n) is 20.8. The molecule has 0 aliphatic heterocycles. The third-order valence-corrected chi connectivity index (χ3v) is 6.96. The van der Waals surface area contributed by atoms with Crippen molar-refractivity contribution in [3.05, 3.63) is 83.6 Å². The number of fused-ring (bicyclic) bond motifs is 3. The van der Waals surface area contributed by atoms with Crippen LogP contribution < -0.4 is 5.32 Å². The van der Waals surface area contributed by atoms with Gasteiger partial charge in [-0.15, -0.1) is 10.2 Å². The van der Waals surface area contributed by atoms with E-state index in [2.05, 4.69) is 35.7 Å². The Bertz CT molecular complexity index is 1790. The van der Waals surface area contributed by atoms with Crippen LogP contribution in [0.3, 0.4) is 0 Å². The Morgan fingerprint density at radius 2 is 1.95 bits per heavy atom. The second kappa shape index (κ2) is 9.35. The Morgan fingerprint density at radius 1 is 1.15 bits per heavy atom. The van der Waals surface area contributed by atoms with Gasteiger partial charge in [-0.2, -0.15) is 36.5 Å². The SMILES string of the molecule is C[C@]1(c2ccn(C(F)F)n2)C[C@H](C(=O)Nc2cnc(-c3cccnn3)c(C(F)(F)F)c2)c2cnc3cc(F)nn3c21. The van der Waals surface area contributed by atoms with Crippen molar-refractivity contribution in [3.63, 3.8) is 0 Å². The number of nitrogens with zero attached hydrogens (tertiary/aromatic N) is 8. The van der Waals surface area contributed by atoms with Crippen LogP contribution in [-0.2, 0) is 16.4 Å². The number of anilines is 1. The molecular formula is C25H17F6N9O. The molecule has 5 aromatic heterocycles. The summed E-state index contributed by atoms with van der Waals surface area (Å²) in [6.07, 6.45) is -0.112. The summed E-state index contributed by atoms with van der Waals surface area (Å²) in [6.45, 7) is -1.29. The lowest BCUT2D eigenvalue weighted by Crippen LogP contribution is -2.26. The third kappa shape index (κ3) is 4.44. The predicted molar refractivity (Wildman–Crippen MR) is 129 cm³/mol. The van der Waals surface area contributed by atoms with Gasteiger partial charge in [0.15, 0.2) is 5.65 Å². The van der Waals surface area contributed by atoms with Crippen LogP contribution in [0, 0.1) is 5.95 Å². The summed E-state index contributed by atoms with van der Waals surface area (Å²) < 4.78 is 84.2. The lowest BCUT2D eigenvalue weighted by Gasteiger charge is -2.23. The van der Waals surface area contributed by atoms with Gasteiger partial charge in [-0.1, -0.05) is 0 Å². The first kappa shape index (κ1) is 26.3. The quantitative estimate of drug-likeness (QED) is 0.302. The predicted octanol–water partition coefficient (Wildman–Crippen LogP) is 4.76. The highest BCUT2D eigenvalue weighted by atomic mass is 19.4. The van der Waals surface area contributed by atoms with Gasteiger partial charge in [0, 0.05) is 30.2 Å². The second-order valence-electron chi connectivity index (χ2n) is 9.56. The molecule has 1 aliphatic carbocycles. The van der Waals surface area contributed by atoms with Crippen LogP contribution in [0.15, 0.2) is 55.1 Å². The average Bonchev–Trinajstić information content (AvgIpc) is 3.64. The van der Waals surface area contributed by atoms with Gasteiger partial charge in [0.05, 0.1) is 40.2 Å². The van der Waals surface area contributed by atoms with Crippen LogP contribution in [-0.4, -0.2) is 45.5 Å². The summed E-state index contributed by atoms with van der Waals surface area (Å²) >= 11 is 0. The Balaban J connectivity index is 1.40. The fourth-order valence-electron chi connectivity index (χ4n) is 5.15. The maximum Gasteiger partial charge on any atom is 0.418 e. The normalized spacial score (nSPS) is 18.7. The first-order valence-electron chi connectivity index (χ1n) is 12.0. The number of amides is 1. The number of nitrogens with one attached hydrogen (secondary N) is 1. The maximum atomic E-state index is 14.1. The lowest BCUT2D eigenvalue weighted by molar-refractivity contribution is -0.137. The van der Waals surface area contributed by atoms with E-state index in [4.69, 9.17) is 0 Å². The molecular weight excluding hydrogens is 556 g/mol. The van der Waals surface area contributed by atoms with E-state index in [1.807, 2.05) is 0 Å². The summed E-state index contributed by atoms with van der Waals surface area (Å²) in [5.41, 5.74) is -2.33. The molecule has 1 aliphatic rings. The summed E-state index contributed by atoms with van der Waals surface area (Å²) in [5.74, 6) is -2.61. The van der Waals surface area contributed by atoms with Crippen LogP contribution in [0.4, 0.5) is 32.0 Å². The van der Waals surface area contributed by atoms with Gasteiger partial charge in [0.1, 0.15) is 11.4 Å². The van der Waals surface area contributed by atoms with Gasteiger partial charge < -0.3 is 5.32 Å². The summed E-state index contributed by atoms with van der Waals surface area (Å²) in [6, 6.07) is 5.89. The molecule has 41 heavy (non-hydrogen) atoms. The molecule has 1 N–H and O–H groups in total. The molecule has 0 fully saturated rings. The summed E-state index contributed by atoms with van der Waals surface area (Å²) in [4.78, 5) is 21.6. The standard InChI is InChI=1S/C25H17F6N9O/c1-24(17-4-6-39(37-17)23(27)28)9-13(14-11-32-19-8-18(26)38-40(19)21(14)24)22(41)35-12-7-15(25(29,30)31)20(33-10-12)16-3-2-5-34-36-16/h2-8,10-11,13,23H,9H2,1H3,(H,35,41)/t13-,24+/m0/s1. The van der Waals surface area contributed by atoms with E-state index >= 15 is 0 Å². The van der Waals surface area contributed by atoms with Crippen LogP contribution in [0.25, 0.3) is 17.0 Å². The molecule has 0 spiro atoms. The summed E-state index contributed by atoms with van der Waals surface area (Å²) in [7, 11) is 0. The molecule has 2 atom stereocenters. The molecule has 0 aromatic carbocycles. The van der Waals surface area contributed by atoms with Crippen molar-refractivity contribution in [2.24, 2.45) is 0 Å². The van der Waals surface area contributed by atoms with Crippen LogP contribution >= 0.6 is 0 Å². The zero-order valence-corrected chi connectivity index (χ0v) is 20.8. The highest BCUT2D eigenvalue weighted by molar-refractivity contribution is 5.97. The molecule has 210 valence electrons. The van der Waals surface area contributed by atoms with E-state index in [0.29, 0.717) is 4.68 Å². The molecule has 0 radical (unpaired) electrons. The highest BCUT2D eigenvalue weighted by Gasteiger charge is 2.49. The van der Waals surface area contributed by atoms with Crippen molar-refractivity contribution in [2.45, 2.75) is 37.4 Å². The van der Waals surface area contributed by atoms with Crippen molar-refractivity contribution < 1.29 is 31.1 Å². The highest BCUT2D eigenvalue weighted by Crippen LogP contribution is 2.49. The number of halogens is 6. The van der Waals surface area contributed by atoms with Crippen molar-refractivity contribution in [1.82, 2.24) is 39.6 Å². The number of pyridine rings is 1. The van der Waals surface area contributed by atoms with Crippen molar-refractivity contribution >= 4 is 17.2 Å². The van der Waals surface area contributed by atoms with Gasteiger partial charge in [-0.25, -0.2) is 14.2 Å². The van der Waals surface area contributed by atoms with Crippen molar-refractivity contribution in [3.8, 4) is 11.4 Å². The molecule has 6 rings (SSSR count). The first-order valence-corrected chi connectivity index (χ1v) is 12.0. The fraction of sp³-hybridized carbons (Fsp3) is 0.240. The number of carbonyl (C=O) groups is 1. The van der Waals surface area contributed by atoms with Gasteiger partial charge in [0.2, 0.25) is 11.9 Å². The van der Waals surface area contributed by atoms with Crippen molar-refractivity contribution in [1.29, 1.82) is 0 Å². The van der Waals surface area contributed by atoms with Gasteiger partial charge >= 0.3 is 12.7 Å². The second-order valence-corrected chi connectivity index (χ2v) is 9.56. The lowest BCUT2D eigenvalue weighted by atomic mass is 9.82. The van der Waals surface area contributed by atoms with E-state index in [1.165, 1.54) is 35.1 Å². The molecule has 16 heteroatoms. The number of carbonyl (C=O) groups excluding carboxylic acids is 1. The van der Waals surface area contributed by atoms with E-state index in [0.717, 1.165) is 24.5 Å². The number of aromatic nitrogens is 8. The van der Waals surface area contributed by atoms with Crippen LogP contribution in [0.5, 0.6) is 0 Å². The van der Waals surface area contributed by atoms with E-state index in [9.17, 15) is 31.1 Å². The fourth-order valence-corrected chi connectivity index (χ4v) is 5.15. The average molecular weight is 573 g/mol. The molecule has 0 unspecified atom stereocenters. The monoisotopic (exact) mass is 573 g/mol. The Hall–Kier alpha value is -4.89. The molecule has 1 amide bonds. The van der Waals surface area contributed by atoms with Crippen LogP contribution in [0.2, 0.25) is 0 Å². The van der Waals surface area contributed by atoms with Crippen molar-refractivity contribution in [2.75, 3.05) is 5.32 Å². The van der Waals surface area contributed by atoms with E-state index in [-0.39, 0.29) is 40.4 Å². The summed E-state index contributed by atoms with van der Waals surface area (Å²) in [5, 5.41) is 17.5. The number of hydrogen-bond acceptors (Lipinski definition) is 7. The van der Waals surface area contributed by atoms with Crippen LogP contribution in [0.1, 0.15) is 48.3 Å². The Labute approximate surface area is 226 Å². The molecule has 0 saturated heterocycles. The van der Waals surface area contributed by atoms with E-state index < -0.39 is 47.2 Å².